The Hall–Kier alpha value is -1.26. The van der Waals surface area contributed by atoms with Gasteiger partial charge in [0.1, 0.15) is 5.75 Å². The Balaban J connectivity index is 2.08. The van der Waals surface area contributed by atoms with Gasteiger partial charge >= 0.3 is 9.28 Å². The van der Waals surface area contributed by atoms with E-state index in [0.29, 0.717) is 0 Å². The van der Waals surface area contributed by atoms with Gasteiger partial charge in [0.25, 0.3) is 0 Å². The third kappa shape index (κ3) is 3.37. The summed E-state index contributed by atoms with van der Waals surface area (Å²) in [6, 6.07) is 7.06. The molecule has 0 aliphatic carbocycles. The predicted molar refractivity (Wildman–Crippen MR) is 73.3 cm³/mol. The Bertz CT molecular complexity index is 400. The first kappa shape index (κ1) is 13.2. The van der Waals surface area contributed by atoms with Crippen molar-refractivity contribution in [2.45, 2.75) is 25.3 Å². The molecule has 18 heavy (non-hydrogen) atoms. The number of benzene rings is 1. The molecule has 0 saturated carbocycles. The largest absolute Gasteiger partial charge is 0.516 e. The van der Waals surface area contributed by atoms with E-state index in [1.54, 1.807) is 7.11 Å². The fourth-order valence-electron chi connectivity index (χ4n) is 1.92. The van der Waals surface area contributed by atoms with E-state index in [1.807, 2.05) is 24.3 Å². The number of allylic oxidation sites excluding steroid dienone is 1. The van der Waals surface area contributed by atoms with E-state index in [0.717, 1.165) is 37.0 Å². The molecule has 0 unspecified atom stereocenters. The van der Waals surface area contributed by atoms with E-state index in [-0.39, 0.29) is 0 Å². The zero-order valence-electron chi connectivity index (χ0n) is 10.8. The third-order valence-electron chi connectivity index (χ3n) is 2.87. The second-order valence-electron chi connectivity index (χ2n) is 4.26. The van der Waals surface area contributed by atoms with Gasteiger partial charge in [-0.2, -0.15) is 0 Å². The molecule has 1 aliphatic heterocycles. The summed E-state index contributed by atoms with van der Waals surface area (Å²) in [6.07, 6.45) is 5.06. The normalized spacial score (nSPS) is 16.3. The maximum absolute atomic E-state index is 5.94. The second-order valence-corrected chi connectivity index (χ2v) is 5.99. The van der Waals surface area contributed by atoms with Gasteiger partial charge in [-0.05, 0) is 37.0 Å². The van der Waals surface area contributed by atoms with Crippen molar-refractivity contribution in [3.8, 4) is 11.5 Å². The molecule has 1 heterocycles. The molecule has 0 atom stereocenters. The lowest BCUT2D eigenvalue weighted by atomic mass is 10.1. The topological polar surface area (TPSA) is 27.7 Å². The van der Waals surface area contributed by atoms with Gasteiger partial charge in [0, 0.05) is 12.7 Å². The van der Waals surface area contributed by atoms with Gasteiger partial charge < -0.3 is 13.6 Å². The van der Waals surface area contributed by atoms with Crippen molar-refractivity contribution in [2.24, 2.45) is 0 Å². The molecule has 2 rings (SSSR count). The Morgan fingerprint density at radius 2 is 2.28 bits per heavy atom. The Morgan fingerprint density at radius 3 is 2.94 bits per heavy atom. The van der Waals surface area contributed by atoms with Crippen molar-refractivity contribution in [1.29, 1.82) is 0 Å². The quantitative estimate of drug-likeness (QED) is 0.603. The highest BCUT2D eigenvalue weighted by molar-refractivity contribution is 6.45. The summed E-state index contributed by atoms with van der Waals surface area (Å²) in [5, 5.41) is 0. The van der Waals surface area contributed by atoms with Gasteiger partial charge in [0.2, 0.25) is 0 Å². The molecule has 0 bridgehead atoms. The first-order chi connectivity index (χ1) is 8.83. The summed E-state index contributed by atoms with van der Waals surface area (Å²) in [4.78, 5) is 0. The zero-order valence-corrected chi connectivity index (χ0v) is 11.8. The number of ether oxygens (including phenoxy) is 1. The highest BCUT2D eigenvalue weighted by atomic mass is 28.3. The molecule has 1 aromatic carbocycles. The van der Waals surface area contributed by atoms with Gasteiger partial charge in [-0.1, -0.05) is 12.1 Å². The van der Waals surface area contributed by atoms with E-state index >= 15 is 0 Å². The number of methoxy groups -OCH3 is 1. The van der Waals surface area contributed by atoms with Gasteiger partial charge in [0.05, 0.1) is 7.11 Å². The van der Waals surface area contributed by atoms with E-state index < -0.39 is 9.28 Å². The van der Waals surface area contributed by atoms with Crippen molar-refractivity contribution in [3.63, 3.8) is 0 Å². The average Bonchev–Trinajstić information content (AvgIpc) is 2.42. The van der Waals surface area contributed by atoms with Crippen LogP contribution in [0.4, 0.5) is 0 Å². The van der Waals surface area contributed by atoms with Crippen LogP contribution >= 0.6 is 0 Å². The summed E-state index contributed by atoms with van der Waals surface area (Å²) in [6.45, 7) is 4.57. The molecule has 0 aromatic heterocycles. The van der Waals surface area contributed by atoms with Crippen molar-refractivity contribution in [2.75, 3.05) is 13.7 Å². The maximum Gasteiger partial charge on any atom is 0.457 e. The molecule has 1 aromatic rings. The minimum atomic E-state index is -1.16. The molecule has 3 nitrogen and oxygen atoms in total. The van der Waals surface area contributed by atoms with Crippen molar-refractivity contribution < 1.29 is 13.6 Å². The lowest BCUT2D eigenvalue weighted by Gasteiger charge is -2.21. The molecule has 0 N–H and O–H groups in total. The fourth-order valence-corrected chi connectivity index (χ4v) is 3.55. The highest BCUT2D eigenvalue weighted by Gasteiger charge is 2.23. The minimum absolute atomic E-state index is 0.779. The molecule has 97 valence electrons. The molecular formula is C14H19O3Si. The van der Waals surface area contributed by atoms with E-state index in [1.165, 1.54) is 12.0 Å². The van der Waals surface area contributed by atoms with Crippen LogP contribution in [-0.4, -0.2) is 23.0 Å². The van der Waals surface area contributed by atoms with Crippen LogP contribution in [0.15, 0.2) is 30.9 Å². The molecule has 1 aliphatic rings. The van der Waals surface area contributed by atoms with Crippen LogP contribution in [0.5, 0.6) is 11.5 Å². The monoisotopic (exact) mass is 263 g/mol. The zero-order chi connectivity index (χ0) is 12.8. The van der Waals surface area contributed by atoms with Crippen molar-refractivity contribution >= 4 is 9.28 Å². The van der Waals surface area contributed by atoms with Crippen LogP contribution in [0.1, 0.15) is 18.4 Å². The Morgan fingerprint density at radius 1 is 1.39 bits per heavy atom. The number of hydrogen-bond acceptors (Lipinski definition) is 3. The first-order valence-corrected chi connectivity index (χ1v) is 7.80. The van der Waals surface area contributed by atoms with Crippen molar-refractivity contribution in [3.05, 3.63) is 36.4 Å². The van der Waals surface area contributed by atoms with Crippen LogP contribution in [0.2, 0.25) is 6.04 Å². The smallest absolute Gasteiger partial charge is 0.457 e. The Labute approximate surface area is 110 Å². The number of hydrogen-bond donors (Lipinski definition) is 0. The van der Waals surface area contributed by atoms with Crippen LogP contribution < -0.4 is 9.16 Å². The van der Waals surface area contributed by atoms with Crippen LogP contribution in [0.3, 0.4) is 0 Å². The van der Waals surface area contributed by atoms with Crippen LogP contribution in [0.25, 0.3) is 0 Å². The molecule has 1 fully saturated rings. The van der Waals surface area contributed by atoms with Gasteiger partial charge in [-0.3, -0.25) is 0 Å². The summed E-state index contributed by atoms with van der Waals surface area (Å²) >= 11 is 0. The van der Waals surface area contributed by atoms with E-state index in [2.05, 4.69) is 6.58 Å². The Kier molecular flexibility index (Phi) is 4.84. The SMILES string of the molecule is C=CCc1ccc(O[Si]2CCCCO2)c(OC)c1. The lowest BCUT2D eigenvalue weighted by Crippen LogP contribution is -2.30. The van der Waals surface area contributed by atoms with Gasteiger partial charge in [-0.15, -0.1) is 6.58 Å². The molecule has 0 amide bonds. The summed E-state index contributed by atoms with van der Waals surface area (Å²) in [5.74, 6) is 1.57. The predicted octanol–water partition coefficient (Wildman–Crippen LogP) is 3.10. The molecule has 4 heteroatoms. The molecule has 1 saturated heterocycles. The fraction of sp³-hybridized carbons (Fsp3) is 0.429. The second kappa shape index (κ2) is 6.61. The summed E-state index contributed by atoms with van der Waals surface area (Å²) in [7, 11) is 0.508. The van der Waals surface area contributed by atoms with Crippen LogP contribution in [0, 0.1) is 0 Å². The van der Waals surface area contributed by atoms with Gasteiger partial charge in [-0.25, -0.2) is 0 Å². The summed E-state index contributed by atoms with van der Waals surface area (Å²) in [5.41, 5.74) is 1.18. The van der Waals surface area contributed by atoms with Gasteiger partial charge in [0.15, 0.2) is 5.75 Å². The minimum Gasteiger partial charge on any atom is -0.516 e. The first-order valence-electron chi connectivity index (χ1n) is 6.28. The maximum atomic E-state index is 5.94. The standard InChI is InChI=1S/C14H19O3Si/c1-3-6-12-7-8-13(14(11-12)15-2)17-18-10-5-4-9-16-18/h3,7-8,11H,1,4-6,9-10H2,2H3. The average molecular weight is 263 g/mol. The summed E-state index contributed by atoms with van der Waals surface area (Å²) < 4.78 is 17.0. The lowest BCUT2D eigenvalue weighted by molar-refractivity contribution is 0.234. The van der Waals surface area contributed by atoms with E-state index in [4.69, 9.17) is 13.6 Å². The molecular weight excluding hydrogens is 244 g/mol. The molecule has 0 spiro atoms. The van der Waals surface area contributed by atoms with E-state index in [9.17, 15) is 0 Å². The molecule has 1 radical (unpaired) electrons. The highest BCUT2D eigenvalue weighted by Crippen LogP contribution is 2.30. The van der Waals surface area contributed by atoms with Crippen molar-refractivity contribution in [1.82, 2.24) is 0 Å². The number of rotatable bonds is 5. The van der Waals surface area contributed by atoms with Crippen LogP contribution in [-0.2, 0) is 10.8 Å². The third-order valence-corrected chi connectivity index (χ3v) is 4.61.